The summed E-state index contributed by atoms with van der Waals surface area (Å²) in [6.45, 7) is 0. The smallest absolute Gasteiger partial charge is 0.269 e. The molecule has 3 N–H and O–H groups in total. The van der Waals surface area contributed by atoms with Crippen molar-refractivity contribution in [1.29, 1.82) is 0 Å². The molecule has 2 rings (SSSR count). The van der Waals surface area contributed by atoms with Crippen LogP contribution in [0.25, 0.3) is 0 Å². The summed E-state index contributed by atoms with van der Waals surface area (Å²) in [6, 6.07) is 5.02. The molecule has 0 spiro atoms. The number of amides is 1. The summed E-state index contributed by atoms with van der Waals surface area (Å²) < 4.78 is 8.74. The van der Waals surface area contributed by atoms with Gasteiger partial charge in [-0.05, 0) is 29.7 Å². The van der Waals surface area contributed by atoms with E-state index in [0.29, 0.717) is 22.0 Å². The van der Waals surface area contributed by atoms with Crippen molar-refractivity contribution in [2.45, 2.75) is 0 Å². The van der Waals surface area contributed by atoms with Crippen molar-refractivity contribution in [3.8, 4) is 5.75 Å². The zero-order valence-electron chi connectivity index (χ0n) is 9.01. The second-order valence-electron chi connectivity index (χ2n) is 3.20. The van der Waals surface area contributed by atoms with Crippen molar-refractivity contribution < 1.29 is 9.53 Å². The monoisotopic (exact) mass is 250 g/mol. The molecular weight excluding hydrogens is 240 g/mol. The molecule has 17 heavy (non-hydrogen) atoms. The summed E-state index contributed by atoms with van der Waals surface area (Å²) in [5.74, 6) is 0.258. The van der Waals surface area contributed by atoms with E-state index < -0.39 is 0 Å². The first-order valence-electron chi connectivity index (χ1n) is 4.73. The Hall–Kier alpha value is -2.15. The van der Waals surface area contributed by atoms with Crippen LogP contribution in [0.5, 0.6) is 5.75 Å². The normalized spacial score (nSPS) is 9.94. The third-order valence-corrected chi connectivity index (χ3v) is 2.72. The molecule has 1 amide bonds. The Morgan fingerprint density at radius 3 is 3.00 bits per heavy atom. The van der Waals surface area contributed by atoms with Crippen LogP contribution < -0.4 is 15.8 Å². The molecule has 0 atom stereocenters. The highest BCUT2D eigenvalue weighted by Gasteiger charge is 2.11. The maximum absolute atomic E-state index is 11.8. The molecule has 6 nitrogen and oxygen atoms in total. The number of rotatable bonds is 3. The molecule has 0 saturated carbocycles. The summed E-state index contributed by atoms with van der Waals surface area (Å²) in [5.41, 5.74) is 6.71. The summed E-state index contributed by atoms with van der Waals surface area (Å²) in [6.07, 6.45) is 1.40. The number of hydrogen-bond donors (Lipinski definition) is 2. The van der Waals surface area contributed by atoms with E-state index in [4.69, 9.17) is 10.5 Å². The van der Waals surface area contributed by atoms with Crippen molar-refractivity contribution in [2.75, 3.05) is 18.2 Å². The first-order chi connectivity index (χ1) is 8.20. The Morgan fingerprint density at radius 1 is 1.53 bits per heavy atom. The second-order valence-corrected chi connectivity index (χ2v) is 3.98. The fourth-order valence-corrected chi connectivity index (χ4v) is 1.68. The lowest BCUT2D eigenvalue weighted by Crippen LogP contribution is -2.11. The van der Waals surface area contributed by atoms with E-state index in [-0.39, 0.29) is 5.91 Å². The molecule has 0 unspecified atom stereocenters. The van der Waals surface area contributed by atoms with Crippen molar-refractivity contribution in [1.82, 2.24) is 9.59 Å². The molecule has 88 valence electrons. The molecule has 0 aliphatic carbocycles. The third kappa shape index (κ3) is 2.51. The van der Waals surface area contributed by atoms with Crippen LogP contribution in [-0.4, -0.2) is 22.6 Å². The number of carbonyl (C=O) groups excluding carboxylic acids is 1. The number of ether oxygens (including phenoxy) is 1. The average Bonchev–Trinajstić information content (AvgIpc) is 2.83. The molecule has 1 aromatic heterocycles. The van der Waals surface area contributed by atoms with Gasteiger partial charge in [-0.15, -0.1) is 5.10 Å². The van der Waals surface area contributed by atoms with Gasteiger partial charge in [-0.3, -0.25) is 4.79 Å². The van der Waals surface area contributed by atoms with Gasteiger partial charge in [0.25, 0.3) is 5.91 Å². The first-order valence-corrected chi connectivity index (χ1v) is 5.50. The summed E-state index contributed by atoms with van der Waals surface area (Å²) in [7, 11) is 1.52. The van der Waals surface area contributed by atoms with Gasteiger partial charge < -0.3 is 15.8 Å². The Balaban J connectivity index is 2.23. The minimum atomic E-state index is -0.288. The quantitative estimate of drug-likeness (QED) is 0.803. The summed E-state index contributed by atoms with van der Waals surface area (Å²) in [4.78, 5) is 12.2. The molecule has 0 radical (unpaired) electrons. The number of nitrogen functional groups attached to an aromatic ring is 1. The number of carbonyl (C=O) groups is 1. The number of nitrogens with zero attached hydrogens (tertiary/aromatic N) is 2. The largest absolute Gasteiger partial charge is 0.495 e. The lowest BCUT2D eigenvalue weighted by molar-refractivity contribution is 0.103. The predicted molar refractivity (Wildman–Crippen MR) is 65.3 cm³/mol. The van der Waals surface area contributed by atoms with Crippen LogP contribution in [0, 0.1) is 0 Å². The molecule has 2 aromatic rings. The molecule has 1 aromatic carbocycles. The molecule has 1 heterocycles. The minimum Gasteiger partial charge on any atom is -0.495 e. The molecule has 0 aliphatic heterocycles. The second kappa shape index (κ2) is 4.79. The van der Waals surface area contributed by atoms with Gasteiger partial charge in [0, 0.05) is 5.69 Å². The van der Waals surface area contributed by atoms with Gasteiger partial charge in [0.05, 0.1) is 19.0 Å². The maximum Gasteiger partial charge on any atom is 0.269 e. The van der Waals surface area contributed by atoms with Crippen molar-refractivity contribution in [2.24, 2.45) is 0 Å². The van der Waals surface area contributed by atoms with Gasteiger partial charge in [0.2, 0.25) is 0 Å². The molecule has 7 heteroatoms. The van der Waals surface area contributed by atoms with Gasteiger partial charge in [-0.1, -0.05) is 4.49 Å². The van der Waals surface area contributed by atoms with Crippen LogP contribution in [0.1, 0.15) is 9.67 Å². The van der Waals surface area contributed by atoms with Crippen LogP contribution in [0.2, 0.25) is 0 Å². The predicted octanol–water partition coefficient (Wildman–Crippen LogP) is 1.38. The Bertz CT molecular complexity index is 527. The first kappa shape index (κ1) is 11.3. The SMILES string of the molecule is COc1ccc(N)cc1NC(=O)c1cnns1. The zero-order chi connectivity index (χ0) is 12.3. The number of hydrogen-bond acceptors (Lipinski definition) is 6. The number of methoxy groups -OCH3 is 1. The molecule has 0 fully saturated rings. The Morgan fingerprint density at radius 2 is 2.35 bits per heavy atom. The van der Waals surface area contributed by atoms with Crippen LogP contribution >= 0.6 is 11.5 Å². The van der Waals surface area contributed by atoms with Crippen molar-refractivity contribution >= 4 is 28.8 Å². The zero-order valence-corrected chi connectivity index (χ0v) is 9.82. The van der Waals surface area contributed by atoms with E-state index in [1.807, 2.05) is 0 Å². The fraction of sp³-hybridized carbons (Fsp3) is 0.100. The van der Waals surface area contributed by atoms with E-state index in [1.54, 1.807) is 18.2 Å². The molecule has 0 aliphatic rings. The van der Waals surface area contributed by atoms with E-state index in [9.17, 15) is 4.79 Å². The standard InChI is InChI=1S/C10H10N4O2S/c1-16-8-3-2-6(11)4-7(8)13-10(15)9-5-12-14-17-9/h2-5H,11H2,1H3,(H,13,15). The van der Waals surface area contributed by atoms with Crippen molar-refractivity contribution in [3.63, 3.8) is 0 Å². The van der Waals surface area contributed by atoms with Crippen LogP contribution in [0.4, 0.5) is 11.4 Å². The number of nitrogens with two attached hydrogens (primary N) is 1. The molecule has 0 saturated heterocycles. The minimum absolute atomic E-state index is 0.288. The number of anilines is 2. The highest BCUT2D eigenvalue weighted by atomic mass is 32.1. The van der Waals surface area contributed by atoms with Crippen LogP contribution in [-0.2, 0) is 0 Å². The number of nitrogens with one attached hydrogen (secondary N) is 1. The summed E-state index contributed by atoms with van der Waals surface area (Å²) >= 11 is 1.02. The Labute approximate surface area is 102 Å². The third-order valence-electron chi connectivity index (χ3n) is 2.06. The average molecular weight is 250 g/mol. The number of benzene rings is 1. The Kier molecular flexibility index (Phi) is 3.20. The van der Waals surface area contributed by atoms with E-state index in [1.165, 1.54) is 13.3 Å². The molecular formula is C10H10N4O2S. The maximum atomic E-state index is 11.8. The van der Waals surface area contributed by atoms with E-state index in [2.05, 4.69) is 14.9 Å². The topological polar surface area (TPSA) is 90.1 Å². The van der Waals surface area contributed by atoms with Crippen LogP contribution in [0.15, 0.2) is 24.4 Å². The highest BCUT2D eigenvalue weighted by molar-refractivity contribution is 7.07. The molecule has 0 bridgehead atoms. The van der Waals surface area contributed by atoms with Gasteiger partial charge >= 0.3 is 0 Å². The summed E-state index contributed by atoms with van der Waals surface area (Å²) in [5, 5.41) is 6.29. The lowest BCUT2D eigenvalue weighted by atomic mass is 10.2. The fourth-order valence-electron chi connectivity index (χ4n) is 1.27. The van der Waals surface area contributed by atoms with Crippen molar-refractivity contribution in [3.05, 3.63) is 29.3 Å². The van der Waals surface area contributed by atoms with Crippen LogP contribution in [0.3, 0.4) is 0 Å². The van der Waals surface area contributed by atoms with Gasteiger partial charge in [0.1, 0.15) is 10.6 Å². The van der Waals surface area contributed by atoms with Gasteiger partial charge in [-0.25, -0.2) is 0 Å². The highest BCUT2D eigenvalue weighted by Crippen LogP contribution is 2.27. The van der Waals surface area contributed by atoms with Gasteiger partial charge in [-0.2, -0.15) is 0 Å². The van der Waals surface area contributed by atoms with Gasteiger partial charge in [0.15, 0.2) is 0 Å². The van der Waals surface area contributed by atoms with E-state index in [0.717, 1.165) is 11.5 Å². The lowest BCUT2D eigenvalue weighted by Gasteiger charge is -2.09. The van der Waals surface area contributed by atoms with E-state index >= 15 is 0 Å². The number of aromatic nitrogens is 2.